The summed E-state index contributed by atoms with van der Waals surface area (Å²) in [4.78, 5) is 15.6. The Labute approximate surface area is 78.0 Å². The smallest absolute Gasteiger partial charge is 0.140 e. The van der Waals surface area contributed by atoms with Gasteiger partial charge in [0, 0.05) is 11.9 Å². The molecule has 2 nitrogen and oxygen atoms in total. The highest BCUT2D eigenvalue weighted by molar-refractivity contribution is 5.90. The third-order valence-electron chi connectivity index (χ3n) is 2.89. The van der Waals surface area contributed by atoms with Gasteiger partial charge < -0.3 is 0 Å². The average molecular weight is 175 g/mol. The van der Waals surface area contributed by atoms with Crippen molar-refractivity contribution < 1.29 is 4.79 Å². The van der Waals surface area contributed by atoms with Crippen LogP contribution in [-0.4, -0.2) is 10.8 Å². The zero-order chi connectivity index (χ0) is 9.47. The predicted molar refractivity (Wildman–Crippen MR) is 50.6 cm³/mol. The van der Waals surface area contributed by atoms with Crippen molar-refractivity contribution in [1.82, 2.24) is 4.98 Å². The Balaban J connectivity index is 2.36. The Kier molecular flexibility index (Phi) is 1.72. The lowest BCUT2D eigenvalue weighted by Crippen LogP contribution is -2.16. The van der Waals surface area contributed by atoms with Crippen LogP contribution in [0.5, 0.6) is 0 Å². The minimum atomic E-state index is -0.166. The standard InChI is InChI=1S/C11H13NO/c1-8-3-4-10(7-12-8)11(5-6-11)9(2)13/h3-4,7H,5-6H2,1-2H3. The first-order chi connectivity index (χ1) is 6.15. The molecule has 2 rings (SSSR count). The molecule has 1 heterocycles. The normalized spacial score (nSPS) is 18.3. The van der Waals surface area contributed by atoms with Gasteiger partial charge in [-0.15, -0.1) is 0 Å². The van der Waals surface area contributed by atoms with E-state index in [4.69, 9.17) is 0 Å². The van der Waals surface area contributed by atoms with E-state index in [0.29, 0.717) is 0 Å². The maximum atomic E-state index is 11.4. The summed E-state index contributed by atoms with van der Waals surface area (Å²) in [5.41, 5.74) is 1.93. The van der Waals surface area contributed by atoms with Gasteiger partial charge in [0.1, 0.15) is 5.78 Å². The van der Waals surface area contributed by atoms with E-state index in [-0.39, 0.29) is 11.2 Å². The lowest BCUT2D eigenvalue weighted by atomic mass is 9.93. The molecule has 1 aliphatic rings. The summed E-state index contributed by atoms with van der Waals surface area (Å²) in [5.74, 6) is 0.276. The molecule has 0 N–H and O–H groups in total. The highest BCUT2D eigenvalue weighted by Crippen LogP contribution is 2.48. The van der Waals surface area contributed by atoms with E-state index < -0.39 is 0 Å². The second-order valence-corrected chi connectivity index (χ2v) is 3.83. The molecular weight excluding hydrogens is 162 g/mol. The van der Waals surface area contributed by atoms with Crippen LogP contribution in [0.1, 0.15) is 31.0 Å². The highest BCUT2D eigenvalue weighted by Gasteiger charge is 2.48. The Morgan fingerprint density at radius 2 is 2.15 bits per heavy atom. The molecule has 0 unspecified atom stereocenters. The third-order valence-corrected chi connectivity index (χ3v) is 2.89. The number of hydrogen-bond acceptors (Lipinski definition) is 2. The van der Waals surface area contributed by atoms with Gasteiger partial charge in [-0.25, -0.2) is 0 Å². The molecule has 0 aliphatic heterocycles. The summed E-state index contributed by atoms with van der Waals surface area (Å²) in [6.07, 6.45) is 3.82. The lowest BCUT2D eigenvalue weighted by Gasteiger charge is -2.10. The molecule has 0 radical (unpaired) electrons. The van der Waals surface area contributed by atoms with Gasteiger partial charge in [-0.3, -0.25) is 9.78 Å². The number of aryl methyl sites for hydroxylation is 1. The van der Waals surface area contributed by atoms with Gasteiger partial charge in [-0.2, -0.15) is 0 Å². The number of ketones is 1. The summed E-state index contributed by atoms with van der Waals surface area (Å²) >= 11 is 0. The van der Waals surface area contributed by atoms with Crippen LogP contribution in [0.3, 0.4) is 0 Å². The van der Waals surface area contributed by atoms with Crippen LogP contribution in [0, 0.1) is 6.92 Å². The Bertz CT molecular complexity index is 336. The monoisotopic (exact) mass is 175 g/mol. The van der Waals surface area contributed by atoms with E-state index in [1.807, 2.05) is 25.3 Å². The summed E-state index contributed by atoms with van der Waals surface area (Å²) in [5, 5.41) is 0. The first-order valence-corrected chi connectivity index (χ1v) is 4.59. The molecule has 2 heteroatoms. The minimum absolute atomic E-state index is 0.166. The van der Waals surface area contributed by atoms with E-state index in [0.717, 1.165) is 24.1 Å². The van der Waals surface area contributed by atoms with Gasteiger partial charge in [-0.05, 0) is 38.3 Å². The second-order valence-electron chi connectivity index (χ2n) is 3.83. The predicted octanol–water partition coefficient (Wildman–Crippen LogP) is 2.01. The maximum absolute atomic E-state index is 11.4. The molecule has 0 saturated heterocycles. The molecule has 0 aromatic carbocycles. The van der Waals surface area contributed by atoms with Crippen molar-refractivity contribution in [2.75, 3.05) is 0 Å². The molecule has 1 aromatic rings. The van der Waals surface area contributed by atoms with Crippen LogP contribution in [0.2, 0.25) is 0 Å². The molecule has 13 heavy (non-hydrogen) atoms. The molecular formula is C11H13NO. The van der Waals surface area contributed by atoms with Crippen LogP contribution in [-0.2, 0) is 10.2 Å². The quantitative estimate of drug-likeness (QED) is 0.688. The van der Waals surface area contributed by atoms with Gasteiger partial charge in [0.15, 0.2) is 0 Å². The molecule has 0 amide bonds. The lowest BCUT2D eigenvalue weighted by molar-refractivity contribution is -0.119. The largest absolute Gasteiger partial charge is 0.299 e. The number of rotatable bonds is 2. The number of Topliss-reactive ketones (excluding diaryl/α,β-unsaturated/α-hetero) is 1. The van der Waals surface area contributed by atoms with Crippen LogP contribution < -0.4 is 0 Å². The van der Waals surface area contributed by atoms with Crippen LogP contribution in [0.15, 0.2) is 18.3 Å². The average Bonchev–Trinajstić information content (AvgIpc) is 2.86. The molecule has 1 fully saturated rings. The van der Waals surface area contributed by atoms with Crippen molar-refractivity contribution in [3.05, 3.63) is 29.6 Å². The van der Waals surface area contributed by atoms with Crippen molar-refractivity contribution in [2.45, 2.75) is 32.1 Å². The fourth-order valence-corrected chi connectivity index (χ4v) is 1.72. The molecule has 68 valence electrons. The summed E-state index contributed by atoms with van der Waals surface area (Å²) in [6, 6.07) is 4.00. The Hall–Kier alpha value is -1.18. The van der Waals surface area contributed by atoms with Gasteiger partial charge in [0.2, 0.25) is 0 Å². The summed E-state index contributed by atoms with van der Waals surface area (Å²) < 4.78 is 0. The number of hydrogen-bond donors (Lipinski definition) is 0. The fourth-order valence-electron chi connectivity index (χ4n) is 1.72. The van der Waals surface area contributed by atoms with Gasteiger partial charge in [0.05, 0.1) is 5.41 Å². The van der Waals surface area contributed by atoms with E-state index in [1.165, 1.54) is 0 Å². The van der Waals surface area contributed by atoms with E-state index in [9.17, 15) is 4.79 Å². The Morgan fingerprint density at radius 3 is 2.54 bits per heavy atom. The number of pyridine rings is 1. The van der Waals surface area contributed by atoms with Crippen molar-refractivity contribution >= 4 is 5.78 Å². The molecule has 1 aromatic heterocycles. The highest BCUT2D eigenvalue weighted by atomic mass is 16.1. The number of carbonyl (C=O) groups excluding carboxylic acids is 1. The zero-order valence-corrected chi connectivity index (χ0v) is 8.00. The maximum Gasteiger partial charge on any atom is 0.140 e. The minimum Gasteiger partial charge on any atom is -0.299 e. The van der Waals surface area contributed by atoms with Crippen molar-refractivity contribution in [3.8, 4) is 0 Å². The molecule has 0 bridgehead atoms. The van der Waals surface area contributed by atoms with Crippen LogP contribution in [0.4, 0.5) is 0 Å². The van der Waals surface area contributed by atoms with Crippen molar-refractivity contribution in [3.63, 3.8) is 0 Å². The Morgan fingerprint density at radius 1 is 1.46 bits per heavy atom. The zero-order valence-electron chi connectivity index (χ0n) is 8.00. The van der Waals surface area contributed by atoms with E-state index in [2.05, 4.69) is 4.98 Å². The van der Waals surface area contributed by atoms with Crippen LogP contribution >= 0.6 is 0 Å². The molecule has 1 saturated carbocycles. The molecule has 1 aliphatic carbocycles. The summed E-state index contributed by atoms with van der Waals surface area (Å²) in [6.45, 7) is 3.63. The van der Waals surface area contributed by atoms with Gasteiger partial charge in [0.25, 0.3) is 0 Å². The van der Waals surface area contributed by atoms with Crippen molar-refractivity contribution in [1.29, 1.82) is 0 Å². The SMILES string of the molecule is CC(=O)C1(c2ccc(C)nc2)CC1. The van der Waals surface area contributed by atoms with Gasteiger partial charge >= 0.3 is 0 Å². The number of nitrogens with zero attached hydrogens (tertiary/aromatic N) is 1. The molecule has 0 atom stereocenters. The fraction of sp³-hybridized carbons (Fsp3) is 0.455. The number of carbonyl (C=O) groups is 1. The second kappa shape index (κ2) is 2.66. The molecule has 0 spiro atoms. The first kappa shape index (κ1) is 8.42. The summed E-state index contributed by atoms with van der Waals surface area (Å²) in [7, 11) is 0. The number of aromatic nitrogens is 1. The topological polar surface area (TPSA) is 30.0 Å². The van der Waals surface area contributed by atoms with E-state index >= 15 is 0 Å². The van der Waals surface area contributed by atoms with Crippen LogP contribution in [0.25, 0.3) is 0 Å². The van der Waals surface area contributed by atoms with E-state index in [1.54, 1.807) is 6.92 Å². The van der Waals surface area contributed by atoms with Crippen molar-refractivity contribution in [2.24, 2.45) is 0 Å². The third kappa shape index (κ3) is 1.26. The first-order valence-electron chi connectivity index (χ1n) is 4.59. The van der Waals surface area contributed by atoms with Gasteiger partial charge in [-0.1, -0.05) is 6.07 Å².